The van der Waals surface area contributed by atoms with Gasteiger partial charge >= 0.3 is 5.97 Å². The molecule has 0 atom stereocenters. The number of Topliss-reactive ketones (excluding diaryl/α,β-unsaturated/α-hetero) is 2. The number of carboxylic acid groups (broad SMARTS) is 1. The summed E-state index contributed by atoms with van der Waals surface area (Å²) in [4.78, 5) is 38.0. The van der Waals surface area contributed by atoms with Crippen molar-refractivity contribution in [1.82, 2.24) is 0 Å². The maximum Gasteiger partial charge on any atom is 0.335 e. The van der Waals surface area contributed by atoms with Gasteiger partial charge in [0, 0.05) is 16.8 Å². The average Bonchev–Trinajstić information content (AvgIpc) is 2.97. The van der Waals surface area contributed by atoms with Gasteiger partial charge in [-0.05, 0) is 42.0 Å². The molecule has 0 spiro atoms. The second-order valence-corrected chi connectivity index (χ2v) is 6.69. The van der Waals surface area contributed by atoms with E-state index in [4.69, 9.17) is 9.84 Å². The number of carbonyl (C=O) groups is 3. The maximum atomic E-state index is 13.5. The first-order chi connectivity index (χ1) is 14.0. The summed E-state index contributed by atoms with van der Waals surface area (Å²) in [6.07, 6.45) is 0. The summed E-state index contributed by atoms with van der Waals surface area (Å²) in [7, 11) is 1.54. The molecule has 0 amide bonds. The fourth-order valence-electron chi connectivity index (χ4n) is 3.59. The number of anilines is 1. The number of ether oxygens (including phenoxy) is 1. The molecule has 0 saturated carbocycles. The number of aromatic carboxylic acids is 1. The van der Waals surface area contributed by atoms with Crippen molar-refractivity contribution in [3.05, 3.63) is 95.1 Å². The van der Waals surface area contributed by atoms with E-state index in [1.807, 2.05) is 0 Å². The van der Waals surface area contributed by atoms with E-state index in [0.717, 1.165) is 0 Å². The van der Waals surface area contributed by atoms with Gasteiger partial charge in [0.25, 0.3) is 0 Å². The smallest absolute Gasteiger partial charge is 0.335 e. The molecule has 144 valence electrons. The lowest BCUT2D eigenvalue weighted by molar-refractivity contribution is 0.0695. The number of benzene rings is 3. The van der Waals surface area contributed by atoms with Gasteiger partial charge in [0.05, 0.1) is 12.7 Å². The highest BCUT2D eigenvalue weighted by Crippen LogP contribution is 2.41. The van der Waals surface area contributed by atoms with Crippen LogP contribution in [0.25, 0.3) is 0 Å². The minimum Gasteiger partial charge on any atom is -0.497 e. The van der Waals surface area contributed by atoms with Gasteiger partial charge in [0.15, 0.2) is 5.54 Å². The summed E-state index contributed by atoms with van der Waals surface area (Å²) in [5, 5.41) is 12.2. The molecule has 0 saturated heterocycles. The van der Waals surface area contributed by atoms with E-state index in [2.05, 4.69) is 5.32 Å². The Balaban J connectivity index is 1.85. The lowest BCUT2D eigenvalue weighted by Crippen LogP contribution is -2.46. The average molecular weight is 387 g/mol. The van der Waals surface area contributed by atoms with E-state index >= 15 is 0 Å². The Morgan fingerprint density at radius 1 is 0.862 bits per heavy atom. The Bertz CT molecular complexity index is 1080. The fraction of sp³-hybridized carbons (Fsp3) is 0.0870. The first-order valence-corrected chi connectivity index (χ1v) is 8.92. The number of nitrogens with one attached hydrogen (secondary N) is 1. The highest BCUT2D eigenvalue weighted by Gasteiger charge is 2.54. The molecule has 1 aliphatic carbocycles. The van der Waals surface area contributed by atoms with Crippen LogP contribution in [-0.4, -0.2) is 29.8 Å². The largest absolute Gasteiger partial charge is 0.497 e. The molecule has 0 fully saturated rings. The Morgan fingerprint density at radius 2 is 1.41 bits per heavy atom. The van der Waals surface area contributed by atoms with Gasteiger partial charge < -0.3 is 15.2 Å². The van der Waals surface area contributed by atoms with E-state index < -0.39 is 11.5 Å². The monoisotopic (exact) mass is 387 g/mol. The second kappa shape index (κ2) is 6.91. The van der Waals surface area contributed by atoms with Crippen molar-refractivity contribution in [2.24, 2.45) is 0 Å². The molecule has 0 aromatic heterocycles. The second-order valence-electron chi connectivity index (χ2n) is 6.69. The maximum absolute atomic E-state index is 13.5. The predicted molar refractivity (Wildman–Crippen MR) is 107 cm³/mol. The molecular weight excluding hydrogens is 370 g/mol. The lowest BCUT2D eigenvalue weighted by atomic mass is 9.84. The number of carboxylic acids is 1. The molecule has 6 heteroatoms. The normalized spacial score (nSPS) is 14.4. The number of ketones is 2. The van der Waals surface area contributed by atoms with Gasteiger partial charge in [-0.3, -0.25) is 9.59 Å². The first kappa shape index (κ1) is 18.4. The van der Waals surface area contributed by atoms with Crippen LogP contribution in [0.5, 0.6) is 5.75 Å². The highest BCUT2D eigenvalue weighted by atomic mass is 16.5. The summed E-state index contributed by atoms with van der Waals surface area (Å²) < 4.78 is 5.19. The molecule has 0 bridgehead atoms. The van der Waals surface area contributed by atoms with Gasteiger partial charge in [0.1, 0.15) is 5.75 Å². The first-order valence-electron chi connectivity index (χ1n) is 8.92. The molecular formula is C23H17NO5. The number of rotatable bonds is 5. The van der Waals surface area contributed by atoms with Crippen molar-refractivity contribution < 1.29 is 24.2 Å². The molecule has 0 unspecified atom stereocenters. The van der Waals surface area contributed by atoms with Crippen LogP contribution in [0.1, 0.15) is 36.6 Å². The van der Waals surface area contributed by atoms with Crippen LogP contribution < -0.4 is 10.1 Å². The predicted octanol–water partition coefficient (Wildman–Crippen LogP) is 3.78. The molecule has 0 aliphatic heterocycles. The zero-order valence-corrected chi connectivity index (χ0v) is 15.5. The summed E-state index contributed by atoms with van der Waals surface area (Å²) >= 11 is 0. The van der Waals surface area contributed by atoms with Crippen molar-refractivity contribution in [3.8, 4) is 5.75 Å². The van der Waals surface area contributed by atoms with Gasteiger partial charge in [0.2, 0.25) is 11.6 Å². The number of carbonyl (C=O) groups excluding carboxylic acids is 2. The Hall–Kier alpha value is -3.93. The van der Waals surface area contributed by atoms with Crippen LogP contribution in [0, 0.1) is 0 Å². The SMILES string of the molecule is COc1ccc(C2(Nc3ccc(C(=O)O)cc3)C(=O)c3ccccc3C2=O)cc1. The molecule has 4 rings (SSSR count). The number of hydrogen-bond acceptors (Lipinski definition) is 5. The zero-order chi connectivity index (χ0) is 20.6. The van der Waals surface area contributed by atoms with E-state index in [1.165, 1.54) is 31.4 Å². The summed E-state index contributed by atoms with van der Waals surface area (Å²) in [6.45, 7) is 0. The van der Waals surface area contributed by atoms with Gasteiger partial charge in [-0.15, -0.1) is 0 Å². The van der Waals surface area contributed by atoms with Crippen molar-refractivity contribution in [2.45, 2.75) is 5.54 Å². The Morgan fingerprint density at radius 3 is 1.90 bits per heavy atom. The molecule has 0 radical (unpaired) electrons. The van der Waals surface area contributed by atoms with Crippen molar-refractivity contribution in [1.29, 1.82) is 0 Å². The molecule has 29 heavy (non-hydrogen) atoms. The van der Waals surface area contributed by atoms with Crippen LogP contribution in [0.3, 0.4) is 0 Å². The number of fused-ring (bicyclic) bond motifs is 1. The third-order valence-electron chi connectivity index (χ3n) is 5.08. The zero-order valence-electron chi connectivity index (χ0n) is 15.5. The van der Waals surface area contributed by atoms with Crippen LogP contribution in [-0.2, 0) is 5.54 Å². The van der Waals surface area contributed by atoms with E-state index in [1.54, 1.807) is 48.5 Å². The van der Waals surface area contributed by atoms with Crippen LogP contribution in [0.4, 0.5) is 5.69 Å². The molecule has 1 aliphatic rings. The number of hydrogen-bond donors (Lipinski definition) is 2. The van der Waals surface area contributed by atoms with Crippen molar-refractivity contribution in [3.63, 3.8) is 0 Å². The minimum atomic E-state index is -1.64. The fourth-order valence-corrected chi connectivity index (χ4v) is 3.59. The quantitative estimate of drug-likeness (QED) is 0.647. The third kappa shape index (κ3) is 2.86. The topological polar surface area (TPSA) is 92.7 Å². The van der Waals surface area contributed by atoms with Gasteiger partial charge in [-0.25, -0.2) is 4.79 Å². The highest BCUT2D eigenvalue weighted by molar-refractivity contribution is 6.34. The standard InChI is InChI=1S/C23H17NO5/c1-29-17-12-8-15(9-13-17)23(24-16-10-6-14(7-11-16)22(27)28)20(25)18-4-2-3-5-19(18)21(23)26/h2-13,24H,1H3,(H,27,28). The van der Waals surface area contributed by atoms with Crippen molar-refractivity contribution >= 4 is 23.2 Å². The van der Waals surface area contributed by atoms with Crippen LogP contribution in [0.2, 0.25) is 0 Å². The van der Waals surface area contributed by atoms with E-state index in [-0.39, 0.29) is 17.1 Å². The van der Waals surface area contributed by atoms with Gasteiger partial charge in [-0.2, -0.15) is 0 Å². The third-order valence-corrected chi connectivity index (χ3v) is 5.08. The minimum absolute atomic E-state index is 0.112. The Kier molecular flexibility index (Phi) is 4.39. The lowest BCUT2D eigenvalue weighted by Gasteiger charge is -2.29. The Labute approximate surface area is 166 Å². The molecule has 2 N–H and O–H groups in total. The van der Waals surface area contributed by atoms with E-state index in [0.29, 0.717) is 28.1 Å². The summed E-state index contributed by atoms with van der Waals surface area (Å²) in [5.74, 6) is -1.16. The van der Waals surface area contributed by atoms with Crippen LogP contribution >= 0.6 is 0 Å². The van der Waals surface area contributed by atoms with Crippen LogP contribution in [0.15, 0.2) is 72.8 Å². The van der Waals surface area contributed by atoms with Crippen molar-refractivity contribution in [2.75, 3.05) is 12.4 Å². The molecule has 3 aromatic rings. The number of methoxy groups -OCH3 is 1. The summed E-state index contributed by atoms with van der Waals surface area (Å²) in [6, 6.07) is 19.4. The van der Waals surface area contributed by atoms with E-state index in [9.17, 15) is 14.4 Å². The summed E-state index contributed by atoms with van der Waals surface area (Å²) in [5.41, 5.74) is 0.111. The molecule has 3 aromatic carbocycles. The van der Waals surface area contributed by atoms with Gasteiger partial charge in [-0.1, -0.05) is 36.4 Å². The molecule has 6 nitrogen and oxygen atoms in total. The molecule has 0 heterocycles.